The van der Waals surface area contributed by atoms with Crippen molar-refractivity contribution in [3.8, 4) is 10.4 Å². The first-order valence-electron chi connectivity index (χ1n) is 3.90. The van der Waals surface area contributed by atoms with E-state index in [2.05, 4.69) is 9.97 Å². The highest BCUT2D eigenvalue weighted by Gasteiger charge is 2.13. The first-order valence-corrected chi connectivity index (χ1v) is 6.16. The van der Waals surface area contributed by atoms with Gasteiger partial charge in [-0.15, -0.1) is 11.3 Å². The van der Waals surface area contributed by atoms with Crippen molar-refractivity contribution in [2.75, 3.05) is 0 Å². The molecule has 0 atom stereocenters. The largest absolute Gasteiger partial charge is 0.304 e. The minimum atomic E-state index is -4.11. The molecule has 1 N–H and O–H groups in total. The van der Waals surface area contributed by atoms with Gasteiger partial charge < -0.3 is 0 Å². The van der Waals surface area contributed by atoms with Crippen molar-refractivity contribution in [3.05, 3.63) is 30.9 Å². The van der Waals surface area contributed by atoms with E-state index in [1.165, 1.54) is 12.4 Å². The summed E-state index contributed by atoms with van der Waals surface area (Å²) in [6.45, 7) is 0. The van der Waals surface area contributed by atoms with E-state index in [0.717, 1.165) is 16.9 Å². The Hall–Kier alpha value is -1.31. The fourth-order valence-corrected chi connectivity index (χ4v) is 2.68. The van der Waals surface area contributed by atoms with Crippen LogP contribution in [-0.2, 0) is 10.1 Å². The number of hydrogen-bond donors (Lipinski definition) is 1. The van der Waals surface area contributed by atoms with Gasteiger partial charge in [-0.25, -0.2) is 9.97 Å². The minimum absolute atomic E-state index is 0.0821. The number of hydrogen-bond acceptors (Lipinski definition) is 5. The van der Waals surface area contributed by atoms with E-state index >= 15 is 0 Å². The SMILES string of the molecule is O=S(=O)(O)c1ccc(-c2cncnc2)s1. The smallest absolute Gasteiger partial charge is 0.281 e. The zero-order valence-electron chi connectivity index (χ0n) is 7.36. The van der Waals surface area contributed by atoms with Gasteiger partial charge in [0, 0.05) is 22.8 Å². The first-order chi connectivity index (χ1) is 7.07. The molecule has 5 nitrogen and oxygen atoms in total. The summed E-state index contributed by atoms with van der Waals surface area (Å²) in [4.78, 5) is 8.33. The second-order valence-corrected chi connectivity index (χ2v) is 5.45. The van der Waals surface area contributed by atoms with Crippen LogP contribution in [0.1, 0.15) is 0 Å². The molecule has 0 bridgehead atoms. The summed E-state index contributed by atoms with van der Waals surface area (Å²) in [6.07, 6.45) is 4.54. The van der Waals surface area contributed by atoms with E-state index in [0.29, 0.717) is 4.88 Å². The van der Waals surface area contributed by atoms with Crippen LogP contribution < -0.4 is 0 Å². The topological polar surface area (TPSA) is 80.2 Å². The third-order valence-corrected chi connectivity index (χ3v) is 4.14. The van der Waals surface area contributed by atoms with Crippen molar-refractivity contribution < 1.29 is 13.0 Å². The third-order valence-electron chi connectivity index (χ3n) is 1.68. The summed E-state index contributed by atoms with van der Waals surface area (Å²) in [5, 5.41) is 0. The summed E-state index contributed by atoms with van der Waals surface area (Å²) >= 11 is 0.975. The molecule has 7 heteroatoms. The molecule has 0 aliphatic carbocycles. The molecule has 0 saturated heterocycles. The molecule has 0 aliphatic heterocycles. The Balaban J connectivity index is 2.46. The molecule has 0 saturated carbocycles. The summed E-state index contributed by atoms with van der Waals surface area (Å²) in [6, 6.07) is 2.95. The van der Waals surface area contributed by atoms with Gasteiger partial charge in [0.05, 0.1) is 0 Å². The predicted octanol–water partition coefficient (Wildman–Crippen LogP) is 1.45. The monoisotopic (exact) mass is 242 g/mol. The van der Waals surface area contributed by atoms with Crippen molar-refractivity contribution in [2.24, 2.45) is 0 Å². The van der Waals surface area contributed by atoms with Crippen LogP contribution in [0.5, 0.6) is 0 Å². The van der Waals surface area contributed by atoms with E-state index in [1.54, 1.807) is 18.5 Å². The summed E-state index contributed by atoms with van der Waals surface area (Å²) < 4.78 is 30.3. The van der Waals surface area contributed by atoms with Gasteiger partial charge in [0.15, 0.2) is 0 Å². The Labute approximate surface area is 90.2 Å². The molecule has 0 radical (unpaired) electrons. The van der Waals surface area contributed by atoms with Crippen LogP contribution in [0, 0.1) is 0 Å². The maximum atomic E-state index is 10.8. The molecule has 0 fully saturated rings. The summed E-state index contributed by atoms with van der Waals surface area (Å²) in [7, 11) is -4.11. The highest BCUT2D eigenvalue weighted by molar-refractivity contribution is 7.88. The molecule has 0 unspecified atom stereocenters. The van der Waals surface area contributed by atoms with Crippen molar-refractivity contribution in [1.29, 1.82) is 0 Å². The van der Waals surface area contributed by atoms with Gasteiger partial charge in [-0.05, 0) is 12.1 Å². The molecule has 2 heterocycles. The van der Waals surface area contributed by atoms with Crippen LogP contribution in [0.2, 0.25) is 0 Å². The molecule has 0 amide bonds. The Bertz CT molecular complexity index is 563. The van der Waals surface area contributed by atoms with Crippen molar-refractivity contribution in [2.45, 2.75) is 4.21 Å². The lowest BCUT2D eigenvalue weighted by Gasteiger charge is -1.93. The molecular formula is C8H6N2O3S2. The minimum Gasteiger partial charge on any atom is -0.281 e. The van der Waals surface area contributed by atoms with E-state index in [1.807, 2.05) is 0 Å². The number of nitrogens with zero attached hydrogens (tertiary/aromatic N) is 2. The second-order valence-electron chi connectivity index (χ2n) is 2.72. The summed E-state index contributed by atoms with van der Waals surface area (Å²) in [5.74, 6) is 0. The van der Waals surface area contributed by atoms with Crippen LogP contribution >= 0.6 is 11.3 Å². The van der Waals surface area contributed by atoms with Gasteiger partial charge in [0.2, 0.25) is 0 Å². The lowest BCUT2D eigenvalue weighted by molar-refractivity contribution is 0.485. The Morgan fingerprint density at radius 3 is 2.40 bits per heavy atom. The van der Waals surface area contributed by atoms with Crippen LogP contribution in [0.4, 0.5) is 0 Å². The maximum Gasteiger partial charge on any atom is 0.304 e. The average Bonchev–Trinajstić information content (AvgIpc) is 2.67. The first kappa shape index (κ1) is 10.2. The number of rotatable bonds is 2. The fourth-order valence-electron chi connectivity index (χ4n) is 1.04. The second kappa shape index (κ2) is 3.69. The maximum absolute atomic E-state index is 10.8. The zero-order valence-corrected chi connectivity index (χ0v) is 8.99. The van der Waals surface area contributed by atoms with Gasteiger partial charge in [-0.2, -0.15) is 8.42 Å². The van der Waals surface area contributed by atoms with E-state index in [4.69, 9.17) is 4.55 Å². The van der Waals surface area contributed by atoms with E-state index in [9.17, 15) is 8.42 Å². The molecule has 78 valence electrons. The van der Waals surface area contributed by atoms with Crippen LogP contribution in [-0.4, -0.2) is 22.9 Å². The lowest BCUT2D eigenvalue weighted by Crippen LogP contribution is -1.92. The quantitative estimate of drug-likeness (QED) is 0.806. The molecular weight excluding hydrogens is 236 g/mol. The Morgan fingerprint density at radius 2 is 1.87 bits per heavy atom. The number of aromatic nitrogens is 2. The standard InChI is InChI=1S/C8H6N2O3S2/c11-15(12,13)8-2-1-7(14-8)6-3-9-5-10-4-6/h1-5H,(H,11,12,13). The van der Waals surface area contributed by atoms with Crippen LogP contribution in [0.25, 0.3) is 10.4 Å². The van der Waals surface area contributed by atoms with E-state index < -0.39 is 10.1 Å². The Kier molecular flexibility index (Phi) is 2.51. The van der Waals surface area contributed by atoms with Gasteiger partial charge in [-0.3, -0.25) is 4.55 Å². The zero-order chi connectivity index (χ0) is 10.9. The normalized spacial score (nSPS) is 11.5. The van der Waals surface area contributed by atoms with Gasteiger partial charge in [0.25, 0.3) is 0 Å². The van der Waals surface area contributed by atoms with Crippen molar-refractivity contribution >= 4 is 21.5 Å². The molecule has 2 aromatic rings. The molecule has 0 aromatic carbocycles. The molecule has 0 aliphatic rings. The van der Waals surface area contributed by atoms with Gasteiger partial charge >= 0.3 is 10.1 Å². The average molecular weight is 242 g/mol. The predicted molar refractivity (Wildman–Crippen MR) is 55.2 cm³/mol. The fraction of sp³-hybridized carbons (Fsp3) is 0. The highest BCUT2D eigenvalue weighted by atomic mass is 32.3. The van der Waals surface area contributed by atoms with Crippen molar-refractivity contribution in [3.63, 3.8) is 0 Å². The number of thiophene rings is 1. The van der Waals surface area contributed by atoms with Crippen molar-refractivity contribution in [1.82, 2.24) is 9.97 Å². The van der Waals surface area contributed by atoms with Crippen LogP contribution in [0.15, 0.2) is 35.1 Å². The molecule has 0 spiro atoms. The third kappa shape index (κ3) is 2.20. The summed E-state index contributed by atoms with van der Waals surface area (Å²) in [5.41, 5.74) is 0.720. The van der Waals surface area contributed by atoms with Gasteiger partial charge in [0.1, 0.15) is 10.5 Å². The van der Waals surface area contributed by atoms with Crippen LogP contribution in [0.3, 0.4) is 0 Å². The lowest BCUT2D eigenvalue weighted by atomic mass is 10.3. The molecule has 2 rings (SSSR count). The Morgan fingerprint density at radius 1 is 1.20 bits per heavy atom. The highest BCUT2D eigenvalue weighted by Crippen LogP contribution is 2.29. The molecule has 2 aromatic heterocycles. The molecule has 15 heavy (non-hydrogen) atoms. The van der Waals surface area contributed by atoms with E-state index in [-0.39, 0.29) is 4.21 Å². The van der Waals surface area contributed by atoms with Gasteiger partial charge in [-0.1, -0.05) is 0 Å².